The molecule has 0 amide bonds. The van der Waals surface area contributed by atoms with E-state index in [0.717, 1.165) is 0 Å². The average Bonchev–Trinajstić information content (AvgIpc) is 2.44. The van der Waals surface area contributed by atoms with Gasteiger partial charge in [0.1, 0.15) is 0 Å². The summed E-state index contributed by atoms with van der Waals surface area (Å²) in [4.78, 5) is 40.9. The lowest BCUT2D eigenvalue weighted by molar-refractivity contribution is -0.152. The predicted molar refractivity (Wildman–Crippen MR) is 74.4 cm³/mol. The largest absolute Gasteiger partial charge is 0.481 e. The van der Waals surface area contributed by atoms with Crippen LogP contribution in [0.2, 0.25) is 0 Å². The molecule has 0 radical (unpaired) electrons. The summed E-state index contributed by atoms with van der Waals surface area (Å²) in [5, 5.41) is 33.6. The summed E-state index contributed by atoms with van der Waals surface area (Å²) < 4.78 is 0. The minimum Gasteiger partial charge on any atom is -0.481 e. The molecule has 0 saturated carbocycles. The molecule has 0 heterocycles. The van der Waals surface area contributed by atoms with Crippen LogP contribution in [-0.2, 0) is 19.2 Å². The van der Waals surface area contributed by atoms with Crippen LogP contribution in [0.25, 0.3) is 0 Å². The van der Waals surface area contributed by atoms with Crippen molar-refractivity contribution in [2.45, 2.75) is 38.5 Å². The fourth-order valence-electron chi connectivity index (χ4n) is 1.92. The Labute approximate surface area is 127 Å². The molecule has 2 unspecified atom stereocenters. The molecule has 0 aromatic carbocycles. The summed E-state index contributed by atoms with van der Waals surface area (Å²) in [7, 11) is 0. The SMILES string of the molecule is O=C(O)C1C=CCCC1C(=O)O.O=C(O)CCCCC(=O)O. The van der Waals surface area contributed by atoms with Crippen molar-refractivity contribution in [2.75, 3.05) is 0 Å². The highest BCUT2D eigenvalue weighted by Crippen LogP contribution is 2.24. The number of aliphatic carboxylic acids is 4. The fraction of sp³-hybridized carbons (Fsp3) is 0.571. The van der Waals surface area contributed by atoms with E-state index < -0.39 is 35.7 Å². The maximum Gasteiger partial charge on any atom is 0.311 e. The normalized spacial score (nSPS) is 19.6. The number of hydrogen-bond acceptors (Lipinski definition) is 4. The van der Waals surface area contributed by atoms with Gasteiger partial charge in [0.05, 0.1) is 11.8 Å². The van der Waals surface area contributed by atoms with Crippen LogP contribution in [0.3, 0.4) is 0 Å². The first-order valence-corrected chi connectivity index (χ1v) is 6.81. The molecule has 124 valence electrons. The summed E-state index contributed by atoms with van der Waals surface area (Å²) in [6.45, 7) is 0. The van der Waals surface area contributed by atoms with E-state index in [2.05, 4.69) is 0 Å². The molecule has 0 saturated heterocycles. The van der Waals surface area contributed by atoms with Gasteiger partial charge in [-0.2, -0.15) is 0 Å². The molecule has 22 heavy (non-hydrogen) atoms. The summed E-state index contributed by atoms with van der Waals surface area (Å²) in [6.07, 6.45) is 5.27. The molecule has 8 nitrogen and oxygen atoms in total. The van der Waals surface area contributed by atoms with Crippen LogP contribution in [0.5, 0.6) is 0 Å². The topological polar surface area (TPSA) is 149 Å². The quantitative estimate of drug-likeness (QED) is 0.407. The Bertz CT molecular complexity index is 424. The number of allylic oxidation sites excluding steroid dienone is 1. The third kappa shape index (κ3) is 8.72. The van der Waals surface area contributed by atoms with Gasteiger partial charge in [0, 0.05) is 12.8 Å². The van der Waals surface area contributed by atoms with Gasteiger partial charge in [0.25, 0.3) is 0 Å². The Morgan fingerprint density at radius 1 is 0.864 bits per heavy atom. The molecule has 4 N–H and O–H groups in total. The first-order chi connectivity index (χ1) is 10.3. The number of unbranched alkanes of at least 4 members (excludes halogenated alkanes) is 1. The molecule has 0 fully saturated rings. The Morgan fingerprint density at radius 3 is 1.68 bits per heavy atom. The zero-order valence-electron chi connectivity index (χ0n) is 12.0. The van der Waals surface area contributed by atoms with Crippen molar-refractivity contribution in [1.29, 1.82) is 0 Å². The Balaban J connectivity index is 0.000000409. The van der Waals surface area contributed by atoms with Gasteiger partial charge in [0.15, 0.2) is 0 Å². The monoisotopic (exact) mass is 316 g/mol. The number of rotatable bonds is 7. The van der Waals surface area contributed by atoms with E-state index in [1.165, 1.54) is 6.08 Å². The van der Waals surface area contributed by atoms with E-state index >= 15 is 0 Å². The molecule has 1 rings (SSSR count). The van der Waals surface area contributed by atoms with Crippen molar-refractivity contribution in [1.82, 2.24) is 0 Å². The lowest BCUT2D eigenvalue weighted by Crippen LogP contribution is -2.30. The van der Waals surface area contributed by atoms with Gasteiger partial charge in [-0.05, 0) is 25.7 Å². The molecule has 0 aliphatic heterocycles. The summed E-state index contributed by atoms with van der Waals surface area (Å²) in [6, 6.07) is 0. The van der Waals surface area contributed by atoms with Crippen molar-refractivity contribution >= 4 is 23.9 Å². The van der Waals surface area contributed by atoms with Gasteiger partial charge >= 0.3 is 23.9 Å². The molecule has 0 spiro atoms. The second-order valence-corrected chi connectivity index (χ2v) is 4.81. The van der Waals surface area contributed by atoms with Gasteiger partial charge in [-0.25, -0.2) is 0 Å². The van der Waals surface area contributed by atoms with Crippen molar-refractivity contribution in [2.24, 2.45) is 11.8 Å². The van der Waals surface area contributed by atoms with Gasteiger partial charge < -0.3 is 20.4 Å². The van der Waals surface area contributed by atoms with Gasteiger partial charge in [-0.15, -0.1) is 0 Å². The van der Waals surface area contributed by atoms with E-state index in [1.807, 2.05) is 0 Å². The lowest BCUT2D eigenvalue weighted by atomic mass is 9.84. The van der Waals surface area contributed by atoms with Crippen LogP contribution in [0.4, 0.5) is 0 Å². The van der Waals surface area contributed by atoms with Crippen LogP contribution in [0.15, 0.2) is 12.2 Å². The number of hydrogen-bond donors (Lipinski definition) is 4. The molecule has 0 bridgehead atoms. The highest BCUT2D eigenvalue weighted by atomic mass is 16.4. The van der Waals surface area contributed by atoms with E-state index in [9.17, 15) is 19.2 Å². The van der Waals surface area contributed by atoms with Crippen molar-refractivity contribution in [3.63, 3.8) is 0 Å². The van der Waals surface area contributed by atoms with Gasteiger partial charge in [0.2, 0.25) is 0 Å². The van der Waals surface area contributed by atoms with Crippen LogP contribution in [0, 0.1) is 11.8 Å². The first kappa shape index (κ1) is 19.6. The van der Waals surface area contributed by atoms with Crippen LogP contribution < -0.4 is 0 Å². The predicted octanol–water partition coefficient (Wildman–Crippen LogP) is 1.45. The second kappa shape index (κ2) is 10.4. The summed E-state index contributed by atoms with van der Waals surface area (Å²) in [5.74, 6) is -5.43. The smallest absolute Gasteiger partial charge is 0.311 e. The number of carboxylic acid groups (broad SMARTS) is 4. The standard InChI is InChI=1S/C8H10O4.C6H10O4/c9-7(10)5-3-1-2-4-6(5)8(11)12;7-5(8)3-1-2-4-6(9)10/h1,3,5-6H,2,4H2,(H,9,10)(H,11,12);1-4H2,(H,7,8)(H,9,10). The number of carboxylic acids is 4. The zero-order valence-corrected chi connectivity index (χ0v) is 12.0. The molecule has 1 aliphatic rings. The average molecular weight is 316 g/mol. The molecular weight excluding hydrogens is 296 g/mol. The molecule has 0 aromatic heterocycles. The Kier molecular flexibility index (Phi) is 9.24. The van der Waals surface area contributed by atoms with Crippen LogP contribution in [-0.4, -0.2) is 44.3 Å². The highest BCUT2D eigenvalue weighted by Gasteiger charge is 2.32. The number of carbonyl (C=O) groups is 4. The minimum atomic E-state index is -1.06. The third-order valence-corrected chi connectivity index (χ3v) is 3.05. The maximum absolute atomic E-state index is 10.6. The van der Waals surface area contributed by atoms with Crippen LogP contribution in [0.1, 0.15) is 38.5 Å². The third-order valence-electron chi connectivity index (χ3n) is 3.05. The van der Waals surface area contributed by atoms with Crippen molar-refractivity contribution in [3.8, 4) is 0 Å². The summed E-state index contributed by atoms with van der Waals surface area (Å²) >= 11 is 0. The molecule has 1 aliphatic carbocycles. The van der Waals surface area contributed by atoms with Gasteiger partial charge in [-0.1, -0.05) is 12.2 Å². The first-order valence-electron chi connectivity index (χ1n) is 6.81. The molecule has 2 atom stereocenters. The van der Waals surface area contributed by atoms with Crippen molar-refractivity contribution in [3.05, 3.63) is 12.2 Å². The molecule has 8 heteroatoms. The second-order valence-electron chi connectivity index (χ2n) is 4.81. The molecule has 0 aromatic rings. The van der Waals surface area contributed by atoms with E-state index in [1.54, 1.807) is 6.08 Å². The van der Waals surface area contributed by atoms with E-state index in [4.69, 9.17) is 20.4 Å². The Hall–Kier alpha value is -2.38. The van der Waals surface area contributed by atoms with E-state index in [0.29, 0.717) is 25.7 Å². The van der Waals surface area contributed by atoms with Crippen LogP contribution >= 0.6 is 0 Å². The van der Waals surface area contributed by atoms with E-state index in [-0.39, 0.29) is 12.8 Å². The maximum atomic E-state index is 10.6. The highest BCUT2D eigenvalue weighted by molar-refractivity contribution is 5.81. The Morgan fingerprint density at radius 2 is 1.36 bits per heavy atom. The summed E-state index contributed by atoms with van der Waals surface area (Å²) in [5.41, 5.74) is 0. The van der Waals surface area contributed by atoms with Crippen molar-refractivity contribution < 1.29 is 39.6 Å². The minimum absolute atomic E-state index is 0.0628. The fourth-order valence-corrected chi connectivity index (χ4v) is 1.92. The lowest BCUT2D eigenvalue weighted by Gasteiger charge is -2.19. The van der Waals surface area contributed by atoms with Gasteiger partial charge in [-0.3, -0.25) is 19.2 Å². The molecular formula is C14H20O8. The zero-order chi connectivity index (χ0) is 17.1.